The lowest BCUT2D eigenvalue weighted by molar-refractivity contribution is -0.274. The van der Waals surface area contributed by atoms with E-state index in [0.717, 1.165) is 47.6 Å². The number of ether oxygens (including phenoxy) is 2. The summed E-state index contributed by atoms with van der Waals surface area (Å²) >= 11 is 1.60. The van der Waals surface area contributed by atoms with Gasteiger partial charge in [-0.3, -0.25) is 0 Å². The number of carbonyl (C=O) groups is 1. The van der Waals surface area contributed by atoms with Gasteiger partial charge in [0.1, 0.15) is 17.8 Å². The number of urea groups is 1. The first-order chi connectivity index (χ1) is 23.4. The van der Waals surface area contributed by atoms with E-state index in [0.29, 0.717) is 29.1 Å². The van der Waals surface area contributed by atoms with Crippen molar-refractivity contribution in [3.63, 3.8) is 0 Å². The summed E-state index contributed by atoms with van der Waals surface area (Å²) < 4.78 is 48.3. The lowest BCUT2D eigenvalue weighted by Crippen LogP contribution is -2.42. The predicted molar refractivity (Wildman–Crippen MR) is 188 cm³/mol. The van der Waals surface area contributed by atoms with E-state index in [1.165, 1.54) is 40.8 Å². The monoisotopic (exact) mass is 694 g/mol. The van der Waals surface area contributed by atoms with Gasteiger partial charge in [0.2, 0.25) is 0 Å². The Morgan fingerprint density at radius 2 is 1.78 bits per heavy atom. The van der Waals surface area contributed by atoms with E-state index in [1.54, 1.807) is 18.9 Å². The molecule has 0 radical (unpaired) electrons. The Morgan fingerprint density at radius 3 is 2.45 bits per heavy atom. The molecule has 2 unspecified atom stereocenters. The van der Waals surface area contributed by atoms with Gasteiger partial charge < -0.3 is 19.7 Å². The van der Waals surface area contributed by atoms with Crippen LogP contribution in [0.4, 0.5) is 23.7 Å². The second kappa shape index (κ2) is 15.8. The zero-order chi connectivity index (χ0) is 35.1. The molecule has 5 rings (SSSR count). The lowest BCUT2D eigenvalue weighted by atomic mass is 9.95. The van der Waals surface area contributed by atoms with Gasteiger partial charge in [0.25, 0.3) is 0 Å². The Morgan fingerprint density at radius 1 is 1.06 bits per heavy atom. The first kappa shape index (κ1) is 35.8. The number of alkyl halides is 3. The molecule has 0 saturated carbocycles. The minimum Gasteiger partial charge on any atom is -0.497 e. The van der Waals surface area contributed by atoms with Crippen molar-refractivity contribution < 1.29 is 27.4 Å². The second-order valence-electron chi connectivity index (χ2n) is 12.3. The van der Waals surface area contributed by atoms with Crippen molar-refractivity contribution in [2.75, 3.05) is 24.3 Å². The maximum absolute atomic E-state index is 13.0. The van der Waals surface area contributed by atoms with Gasteiger partial charge in [-0.05, 0) is 79.5 Å². The van der Waals surface area contributed by atoms with E-state index in [2.05, 4.69) is 63.8 Å². The number of aromatic nitrogens is 3. The Kier molecular flexibility index (Phi) is 11.5. The predicted octanol–water partition coefficient (Wildman–Crippen LogP) is 8.95. The van der Waals surface area contributed by atoms with Gasteiger partial charge >= 0.3 is 12.4 Å². The summed E-state index contributed by atoms with van der Waals surface area (Å²) in [5.74, 6) is 2.42. The van der Waals surface area contributed by atoms with Crippen molar-refractivity contribution in [2.45, 2.75) is 71.2 Å². The Hall–Kier alpha value is -4.52. The highest BCUT2D eigenvalue weighted by Crippen LogP contribution is 2.37. The van der Waals surface area contributed by atoms with Gasteiger partial charge in [-0.25, -0.2) is 14.5 Å². The number of hydrogen-bond donors (Lipinski definition) is 1. The minimum atomic E-state index is -4.75. The Labute approximate surface area is 288 Å². The molecule has 260 valence electrons. The molecule has 1 fully saturated rings. The van der Waals surface area contributed by atoms with Crippen LogP contribution in [0.15, 0.2) is 78.0 Å². The summed E-state index contributed by atoms with van der Waals surface area (Å²) in [5, 5.41) is 8.15. The number of methoxy groups -OCH3 is 1. The standard InChI is InChI=1S/C36H41F3N6O3S/c1-23(2)31-17-16-30(47-5)21-32(31)45-25(4)18-20-49-35(45)42-34(46)40-19-6-7-24(3)26-8-10-27(11-9-26)33-41-22-44(43-33)28-12-14-29(15-13-28)48-36(37,38)39/h8-17,21-25H,6-7,18-20H2,1-5H3,(H,40,46)/b42-35-. The normalized spacial score (nSPS) is 16.6. The zero-order valence-electron chi connectivity index (χ0n) is 28.2. The van der Waals surface area contributed by atoms with Gasteiger partial charge in [-0.15, -0.1) is 18.3 Å². The minimum absolute atomic E-state index is 0.193. The molecule has 1 aliphatic heterocycles. The van der Waals surface area contributed by atoms with Gasteiger partial charge in [0, 0.05) is 30.0 Å². The van der Waals surface area contributed by atoms with Crippen LogP contribution in [-0.2, 0) is 0 Å². The molecular formula is C36H41F3N6O3S. The van der Waals surface area contributed by atoms with Crippen molar-refractivity contribution in [3.05, 3.63) is 84.2 Å². The van der Waals surface area contributed by atoms with Crippen LogP contribution in [0.1, 0.15) is 69.9 Å². The smallest absolute Gasteiger partial charge is 0.497 e. The first-order valence-corrected chi connectivity index (χ1v) is 17.2. The number of amidine groups is 1. The number of hydrogen-bond acceptors (Lipinski definition) is 6. The van der Waals surface area contributed by atoms with Crippen LogP contribution in [0.5, 0.6) is 11.5 Å². The molecule has 0 spiro atoms. The fraction of sp³-hybridized carbons (Fsp3) is 0.389. The summed E-state index contributed by atoms with van der Waals surface area (Å²) in [5.41, 5.74) is 4.73. The summed E-state index contributed by atoms with van der Waals surface area (Å²) in [6.45, 7) is 9.14. The first-order valence-electron chi connectivity index (χ1n) is 16.3. The van der Waals surface area contributed by atoms with Crippen LogP contribution < -0.4 is 19.7 Å². The van der Waals surface area contributed by atoms with E-state index < -0.39 is 6.36 Å². The third kappa shape index (κ3) is 9.34. The van der Waals surface area contributed by atoms with Crippen molar-refractivity contribution in [1.82, 2.24) is 20.1 Å². The molecule has 0 bridgehead atoms. The number of carbonyl (C=O) groups excluding carboxylic acids is 1. The molecule has 2 heterocycles. The summed E-state index contributed by atoms with van der Waals surface area (Å²) in [4.78, 5) is 24.0. The largest absolute Gasteiger partial charge is 0.573 e. The average Bonchev–Trinajstić information content (AvgIpc) is 3.56. The molecule has 9 nitrogen and oxygen atoms in total. The molecule has 1 aromatic heterocycles. The van der Waals surface area contributed by atoms with Crippen LogP contribution in [0.2, 0.25) is 0 Å². The molecule has 3 aromatic carbocycles. The molecular weight excluding hydrogens is 653 g/mol. The molecule has 2 atom stereocenters. The molecule has 2 amide bonds. The van der Waals surface area contributed by atoms with Crippen LogP contribution in [0.3, 0.4) is 0 Å². The highest BCUT2D eigenvalue weighted by atomic mass is 32.2. The van der Waals surface area contributed by atoms with E-state index in [9.17, 15) is 18.0 Å². The van der Waals surface area contributed by atoms with Crippen molar-refractivity contribution in [1.29, 1.82) is 0 Å². The van der Waals surface area contributed by atoms with Gasteiger partial charge in [0.05, 0.1) is 18.5 Å². The second-order valence-corrected chi connectivity index (χ2v) is 13.3. The molecule has 1 aliphatic rings. The van der Waals surface area contributed by atoms with Crippen LogP contribution >= 0.6 is 11.8 Å². The fourth-order valence-electron chi connectivity index (χ4n) is 5.66. The number of nitrogens with one attached hydrogen (secondary N) is 1. The molecule has 4 aromatic rings. The van der Waals surface area contributed by atoms with Gasteiger partial charge in [-0.2, -0.15) is 4.99 Å². The zero-order valence-corrected chi connectivity index (χ0v) is 29.0. The number of anilines is 1. The quantitative estimate of drug-likeness (QED) is 0.157. The third-order valence-corrected chi connectivity index (χ3v) is 9.37. The maximum atomic E-state index is 13.0. The van der Waals surface area contributed by atoms with E-state index in [4.69, 9.17) is 4.74 Å². The highest BCUT2D eigenvalue weighted by Gasteiger charge is 2.31. The van der Waals surface area contributed by atoms with E-state index in [1.807, 2.05) is 36.4 Å². The number of aliphatic imine (C=N–C) groups is 1. The topological polar surface area (TPSA) is 93.9 Å². The number of halogens is 3. The highest BCUT2D eigenvalue weighted by molar-refractivity contribution is 8.14. The molecule has 0 aliphatic carbocycles. The van der Waals surface area contributed by atoms with Crippen molar-refractivity contribution in [2.24, 2.45) is 4.99 Å². The van der Waals surface area contributed by atoms with Crippen molar-refractivity contribution >= 4 is 28.6 Å². The summed E-state index contributed by atoms with van der Waals surface area (Å²) in [6, 6.07) is 19.3. The maximum Gasteiger partial charge on any atom is 0.573 e. The lowest BCUT2D eigenvalue weighted by Gasteiger charge is -2.37. The van der Waals surface area contributed by atoms with E-state index in [-0.39, 0.29) is 23.7 Å². The number of nitrogens with zero attached hydrogens (tertiary/aromatic N) is 5. The number of rotatable bonds is 11. The van der Waals surface area contributed by atoms with Crippen LogP contribution in [0, 0.1) is 0 Å². The van der Waals surface area contributed by atoms with Gasteiger partial charge in [0.15, 0.2) is 11.0 Å². The average molecular weight is 695 g/mol. The molecule has 49 heavy (non-hydrogen) atoms. The van der Waals surface area contributed by atoms with Crippen molar-refractivity contribution in [3.8, 4) is 28.6 Å². The molecule has 1 N–H and O–H groups in total. The summed E-state index contributed by atoms with van der Waals surface area (Å²) in [7, 11) is 1.66. The van der Waals surface area contributed by atoms with Gasteiger partial charge in [-0.1, -0.05) is 62.9 Å². The number of benzene rings is 3. The van der Waals surface area contributed by atoms with Crippen LogP contribution in [0.25, 0.3) is 17.1 Å². The third-order valence-electron chi connectivity index (χ3n) is 8.38. The molecule has 13 heteroatoms. The van der Waals surface area contributed by atoms with Crippen LogP contribution in [-0.4, -0.2) is 57.8 Å². The Balaban J connectivity index is 1.14. The Bertz CT molecular complexity index is 1740. The summed E-state index contributed by atoms with van der Waals surface area (Å²) in [6.07, 6.45) is -0.586. The number of thioether (sulfide) groups is 1. The number of amides is 2. The van der Waals surface area contributed by atoms with E-state index >= 15 is 0 Å². The SMILES string of the molecule is COc1ccc(C(C)C)c(N2/C(=N/C(=O)NCCCC(C)c3ccc(-c4ncn(-c5ccc(OC(F)(F)F)cc5)n4)cc3)SCCC2C)c1. The molecule has 1 saturated heterocycles. The fourth-order valence-corrected chi connectivity index (χ4v) is 6.87.